The molecule has 10 heteroatoms. The predicted molar refractivity (Wildman–Crippen MR) is 112 cm³/mol. The molecule has 4 rings (SSSR count). The van der Waals surface area contributed by atoms with E-state index in [0.29, 0.717) is 35.3 Å². The molecule has 0 fully saturated rings. The molecule has 0 spiro atoms. The van der Waals surface area contributed by atoms with E-state index >= 15 is 0 Å². The number of hydrogen-bond acceptors (Lipinski definition) is 6. The van der Waals surface area contributed by atoms with Gasteiger partial charge in [-0.2, -0.15) is 4.98 Å². The molecule has 0 amide bonds. The maximum absolute atomic E-state index is 11.4. The molecule has 0 radical (unpaired) electrons. The third-order valence-corrected chi connectivity index (χ3v) is 4.67. The highest BCUT2D eigenvalue weighted by molar-refractivity contribution is 7.92. The van der Waals surface area contributed by atoms with Gasteiger partial charge in [-0.1, -0.05) is 41.4 Å². The fourth-order valence-corrected chi connectivity index (χ4v) is 3.40. The first-order valence-electron chi connectivity index (χ1n) is 8.86. The molecular weight excluding hydrogens is 390 g/mol. The van der Waals surface area contributed by atoms with Crippen LogP contribution in [-0.4, -0.2) is 29.6 Å². The summed E-state index contributed by atoms with van der Waals surface area (Å²) in [6.45, 7) is 0.610. The molecule has 0 aliphatic rings. The number of anilines is 4. The Morgan fingerprint density at radius 2 is 1.83 bits per heavy atom. The van der Waals surface area contributed by atoms with Crippen molar-refractivity contribution >= 4 is 44.3 Å². The van der Waals surface area contributed by atoms with Gasteiger partial charge >= 0.3 is 11.6 Å². The molecule has 0 saturated heterocycles. The first-order valence-corrected chi connectivity index (χ1v) is 10.7. The van der Waals surface area contributed by atoms with Gasteiger partial charge < -0.3 is 10.6 Å². The highest BCUT2D eigenvalue weighted by Gasteiger charge is 2.16. The van der Waals surface area contributed by atoms with Crippen LogP contribution in [0, 0.1) is 0 Å². The highest BCUT2D eigenvalue weighted by atomic mass is 32.2. The van der Waals surface area contributed by atoms with Crippen LogP contribution >= 0.6 is 0 Å². The van der Waals surface area contributed by atoms with Crippen molar-refractivity contribution in [3.8, 4) is 0 Å². The van der Waals surface area contributed by atoms with Crippen LogP contribution in [0.3, 0.4) is 0 Å². The minimum absolute atomic E-state index is 0.375. The number of imidazole rings is 1. The second-order valence-corrected chi connectivity index (χ2v) is 8.22. The van der Waals surface area contributed by atoms with Crippen molar-refractivity contribution in [3.63, 3.8) is 0 Å². The van der Waals surface area contributed by atoms with Crippen molar-refractivity contribution in [1.82, 2.24) is 15.0 Å². The van der Waals surface area contributed by atoms with Crippen molar-refractivity contribution < 1.29 is 13.4 Å². The van der Waals surface area contributed by atoms with Crippen molar-refractivity contribution in [2.75, 3.05) is 21.6 Å². The molecule has 9 nitrogen and oxygen atoms in total. The van der Waals surface area contributed by atoms with Gasteiger partial charge in [-0.15, -0.1) is 0 Å². The summed E-state index contributed by atoms with van der Waals surface area (Å²) >= 11 is 0. The quantitative estimate of drug-likeness (QED) is 0.371. The SMILES string of the molecule is CS(=O)(=O)Nc1cccc(Nc2nc(NCc3ccccc3)c3[nH]c[nH+]c3n2)c1. The molecule has 2 aromatic heterocycles. The number of H-pyrrole nitrogens is 2. The Balaban J connectivity index is 1.59. The highest BCUT2D eigenvalue weighted by Crippen LogP contribution is 2.22. The molecule has 0 aliphatic heterocycles. The van der Waals surface area contributed by atoms with Crippen molar-refractivity contribution in [2.45, 2.75) is 6.54 Å². The van der Waals surface area contributed by atoms with Crippen LogP contribution in [-0.2, 0) is 16.6 Å². The second kappa shape index (κ2) is 7.76. The number of aromatic nitrogens is 4. The molecule has 2 heterocycles. The van der Waals surface area contributed by atoms with E-state index in [1.807, 2.05) is 30.3 Å². The zero-order valence-corrected chi connectivity index (χ0v) is 16.4. The zero-order chi connectivity index (χ0) is 20.3. The standard InChI is InChI=1S/C19H19N7O2S/c1-29(27,28)26-15-9-5-8-14(10-15)23-19-24-17(16-18(25-19)22-12-21-16)20-11-13-6-3-2-4-7-13/h2-10,12,26H,11H2,1H3,(H3,20,21,22,23,24,25)/p+1. The molecular formula is C19H20N7O2S+. The minimum atomic E-state index is -3.36. The Kier molecular flexibility index (Phi) is 5.00. The van der Waals surface area contributed by atoms with Crippen molar-refractivity contribution in [1.29, 1.82) is 0 Å². The van der Waals surface area contributed by atoms with E-state index in [-0.39, 0.29) is 0 Å². The number of nitrogens with one attached hydrogen (secondary N) is 5. The van der Waals surface area contributed by atoms with E-state index in [9.17, 15) is 8.42 Å². The average Bonchev–Trinajstić information content (AvgIpc) is 3.14. The van der Waals surface area contributed by atoms with E-state index in [1.54, 1.807) is 30.6 Å². The Morgan fingerprint density at radius 3 is 2.62 bits per heavy atom. The third kappa shape index (κ3) is 4.79. The lowest BCUT2D eigenvalue weighted by Crippen LogP contribution is -2.10. The van der Waals surface area contributed by atoms with Gasteiger partial charge in [-0.3, -0.25) is 9.71 Å². The fourth-order valence-electron chi connectivity index (χ4n) is 2.85. The molecule has 0 saturated carbocycles. The molecule has 148 valence electrons. The van der Waals surface area contributed by atoms with Crippen LogP contribution in [0.1, 0.15) is 5.56 Å². The normalized spacial score (nSPS) is 11.3. The van der Waals surface area contributed by atoms with E-state index in [2.05, 4.69) is 35.3 Å². The Hall–Kier alpha value is -3.66. The van der Waals surface area contributed by atoms with Gasteiger partial charge in [0.15, 0.2) is 12.1 Å². The van der Waals surface area contributed by atoms with Gasteiger partial charge in [-0.05, 0) is 23.8 Å². The molecule has 4 aromatic rings. The lowest BCUT2D eigenvalue weighted by Gasteiger charge is -2.09. The maximum atomic E-state index is 11.4. The number of hydrogen-bond donors (Lipinski definition) is 4. The number of nitrogens with zero attached hydrogens (tertiary/aromatic N) is 2. The summed E-state index contributed by atoms with van der Waals surface area (Å²) in [5, 5.41) is 6.44. The van der Waals surface area contributed by atoms with Crippen LogP contribution in [0.25, 0.3) is 11.2 Å². The minimum Gasteiger partial charge on any atom is -0.363 e. The van der Waals surface area contributed by atoms with E-state index in [0.717, 1.165) is 17.3 Å². The topological polar surface area (TPSA) is 126 Å². The van der Waals surface area contributed by atoms with Gasteiger partial charge in [0.2, 0.25) is 15.5 Å². The van der Waals surface area contributed by atoms with Gasteiger partial charge in [0.25, 0.3) is 0 Å². The smallest absolute Gasteiger partial charge is 0.307 e. The maximum Gasteiger partial charge on any atom is 0.307 e. The summed E-state index contributed by atoms with van der Waals surface area (Å²) in [6.07, 6.45) is 2.80. The fraction of sp³-hybridized carbons (Fsp3) is 0.105. The number of rotatable bonds is 7. The van der Waals surface area contributed by atoms with E-state index in [1.165, 1.54) is 0 Å². The lowest BCUT2D eigenvalue weighted by atomic mass is 10.2. The number of sulfonamides is 1. The van der Waals surface area contributed by atoms with Crippen LogP contribution in [0.15, 0.2) is 60.9 Å². The zero-order valence-electron chi connectivity index (χ0n) is 15.6. The molecule has 0 atom stereocenters. The first kappa shape index (κ1) is 18.7. The summed E-state index contributed by atoms with van der Waals surface area (Å²) in [7, 11) is -3.36. The second-order valence-electron chi connectivity index (χ2n) is 6.47. The summed E-state index contributed by atoms with van der Waals surface area (Å²) in [6, 6.07) is 16.9. The monoisotopic (exact) mass is 410 g/mol. The van der Waals surface area contributed by atoms with Gasteiger partial charge in [0.1, 0.15) is 0 Å². The number of aromatic amines is 2. The van der Waals surface area contributed by atoms with Gasteiger partial charge in [0.05, 0.1) is 11.9 Å². The Morgan fingerprint density at radius 1 is 1.03 bits per heavy atom. The molecule has 0 aliphatic carbocycles. The molecule has 0 unspecified atom stereocenters. The van der Waals surface area contributed by atoms with E-state index < -0.39 is 10.0 Å². The lowest BCUT2D eigenvalue weighted by molar-refractivity contribution is -0.347. The van der Waals surface area contributed by atoms with Crippen LogP contribution in [0.4, 0.5) is 23.1 Å². The summed E-state index contributed by atoms with van der Waals surface area (Å²) in [5.74, 6) is 1.02. The average molecular weight is 410 g/mol. The van der Waals surface area contributed by atoms with Gasteiger partial charge in [0, 0.05) is 12.2 Å². The van der Waals surface area contributed by atoms with Crippen molar-refractivity contribution in [2.24, 2.45) is 0 Å². The van der Waals surface area contributed by atoms with Gasteiger partial charge in [-0.25, -0.2) is 13.4 Å². The summed E-state index contributed by atoms with van der Waals surface area (Å²) < 4.78 is 25.3. The largest absolute Gasteiger partial charge is 0.363 e. The van der Waals surface area contributed by atoms with E-state index in [4.69, 9.17) is 0 Å². The summed E-state index contributed by atoms with van der Waals surface area (Å²) in [5.41, 5.74) is 3.64. The molecule has 2 aromatic carbocycles. The van der Waals surface area contributed by atoms with Crippen molar-refractivity contribution in [3.05, 3.63) is 66.5 Å². The first-order chi connectivity index (χ1) is 14.0. The number of fused-ring (bicyclic) bond motifs is 1. The van der Waals surface area contributed by atoms with Crippen LogP contribution in [0.5, 0.6) is 0 Å². The molecule has 5 N–H and O–H groups in total. The third-order valence-electron chi connectivity index (χ3n) is 4.06. The predicted octanol–water partition coefficient (Wildman–Crippen LogP) is 2.50. The van der Waals surface area contributed by atoms with Crippen LogP contribution < -0.4 is 20.3 Å². The molecule has 29 heavy (non-hydrogen) atoms. The molecule has 0 bridgehead atoms. The Bertz CT molecular complexity index is 1240. The Labute approximate surface area is 167 Å². The number of benzene rings is 2. The summed E-state index contributed by atoms with van der Waals surface area (Å²) in [4.78, 5) is 15.2. The van der Waals surface area contributed by atoms with Crippen LogP contribution in [0.2, 0.25) is 0 Å².